The second-order valence-electron chi connectivity index (χ2n) is 4.61. The maximum atomic E-state index is 11.1. The zero-order valence-electron chi connectivity index (χ0n) is 10.1. The third kappa shape index (κ3) is 3.03. The van der Waals surface area contributed by atoms with E-state index in [4.69, 9.17) is 5.11 Å². The van der Waals surface area contributed by atoms with Crippen LogP contribution in [0.2, 0.25) is 0 Å². The summed E-state index contributed by atoms with van der Waals surface area (Å²) in [5.74, 6) is -0.877. The Balaban J connectivity index is 2.06. The summed E-state index contributed by atoms with van der Waals surface area (Å²) in [6.07, 6.45) is 4.98. The van der Waals surface area contributed by atoms with E-state index in [0.29, 0.717) is 11.3 Å². The predicted octanol–water partition coefficient (Wildman–Crippen LogP) is 1.73. The summed E-state index contributed by atoms with van der Waals surface area (Å²) in [6, 6.07) is 1.70. The van der Waals surface area contributed by atoms with E-state index >= 15 is 0 Å². The molecular weight excluding hydrogens is 216 g/mol. The lowest BCUT2D eigenvalue weighted by atomic mass is 10.1. The van der Waals surface area contributed by atoms with E-state index in [2.05, 4.69) is 9.88 Å². The molecule has 17 heavy (non-hydrogen) atoms. The maximum Gasteiger partial charge on any atom is 0.337 e. The Morgan fingerprint density at radius 1 is 1.47 bits per heavy atom. The van der Waals surface area contributed by atoms with Crippen molar-refractivity contribution in [2.45, 2.75) is 26.2 Å². The largest absolute Gasteiger partial charge is 0.478 e. The van der Waals surface area contributed by atoms with Crippen molar-refractivity contribution in [3.63, 3.8) is 0 Å². The summed E-state index contributed by atoms with van der Waals surface area (Å²) in [4.78, 5) is 17.7. The first kappa shape index (κ1) is 12.0. The van der Waals surface area contributed by atoms with Gasteiger partial charge in [0.05, 0.1) is 11.3 Å². The number of rotatable bonds is 4. The van der Waals surface area contributed by atoms with Crippen LogP contribution < -0.4 is 0 Å². The van der Waals surface area contributed by atoms with Crippen molar-refractivity contribution < 1.29 is 9.90 Å². The number of aromatic nitrogens is 1. The fraction of sp³-hybridized carbons (Fsp3) is 0.538. The van der Waals surface area contributed by atoms with Gasteiger partial charge in [-0.05, 0) is 44.5 Å². The first-order valence-electron chi connectivity index (χ1n) is 6.08. The Kier molecular flexibility index (Phi) is 3.74. The van der Waals surface area contributed by atoms with Crippen LogP contribution in [0.25, 0.3) is 0 Å². The molecule has 0 aliphatic carbocycles. The summed E-state index contributed by atoms with van der Waals surface area (Å²) in [5.41, 5.74) is 1.95. The van der Waals surface area contributed by atoms with Crippen LogP contribution in [0.15, 0.2) is 12.3 Å². The van der Waals surface area contributed by atoms with E-state index in [1.54, 1.807) is 12.3 Å². The fourth-order valence-corrected chi connectivity index (χ4v) is 2.25. The Hall–Kier alpha value is -1.42. The van der Waals surface area contributed by atoms with Gasteiger partial charge < -0.3 is 10.0 Å². The molecule has 0 atom stereocenters. The third-order valence-corrected chi connectivity index (χ3v) is 3.20. The number of aryl methyl sites for hydroxylation is 1. The van der Waals surface area contributed by atoms with Crippen LogP contribution in [-0.4, -0.2) is 40.6 Å². The molecule has 4 nitrogen and oxygen atoms in total. The number of pyridine rings is 1. The summed E-state index contributed by atoms with van der Waals surface area (Å²) in [7, 11) is 0. The molecule has 1 saturated heterocycles. The lowest BCUT2D eigenvalue weighted by molar-refractivity contribution is 0.0695. The van der Waals surface area contributed by atoms with Gasteiger partial charge >= 0.3 is 5.97 Å². The number of likely N-dealkylation sites (tertiary alicyclic amines) is 1. The van der Waals surface area contributed by atoms with E-state index in [1.165, 1.54) is 12.8 Å². The number of carboxylic acid groups (broad SMARTS) is 1. The summed E-state index contributed by atoms with van der Waals surface area (Å²) in [6.45, 7) is 5.04. The van der Waals surface area contributed by atoms with E-state index in [0.717, 1.165) is 31.6 Å². The van der Waals surface area contributed by atoms with E-state index in [1.807, 2.05) is 6.92 Å². The summed E-state index contributed by atoms with van der Waals surface area (Å²) >= 11 is 0. The SMILES string of the molecule is Cc1cnc(CCN2CCCC2)c(C(=O)O)c1. The van der Waals surface area contributed by atoms with E-state index in [9.17, 15) is 4.79 Å². The molecule has 1 N–H and O–H groups in total. The topological polar surface area (TPSA) is 53.4 Å². The van der Waals surface area contributed by atoms with Crippen molar-refractivity contribution in [2.75, 3.05) is 19.6 Å². The molecule has 1 aromatic heterocycles. The van der Waals surface area contributed by atoms with Gasteiger partial charge in [0.2, 0.25) is 0 Å². The molecule has 0 radical (unpaired) electrons. The standard InChI is InChI=1S/C13H18N2O2/c1-10-8-11(13(16)17)12(14-9-10)4-7-15-5-2-3-6-15/h8-9H,2-7H2,1H3,(H,16,17). The number of carbonyl (C=O) groups is 1. The number of hydrogen-bond donors (Lipinski definition) is 1. The average Bonchev–Trinajstić information content (AvgIpc) is 2.80. The Morgan fingerprint density at radius 2 is 2.18 bits per heavy atom. The van der Waals surface area contributed by atoms with Crippen molar-refractivity contribution in [1.29, 1.82) is 0 Å². The van der Waals surface area contributed by atoms with Gasteiger partial charge in [0, 0.05) is 19.2 Å². The van der Waals surface area contributed by atoms with Crippen LogP contribution in [0.4, 0.5) is 0 Å². The Morgan fingerprint density at radius 3 is 2.82 bits per heavy atom. The quantitative estimate of drug-likeness (QED) is 0.862. The molecule has 2 rings (SSSR count). The monoisotopic (exact) mass is 234 g/mol. The predicted molar refractivity (Wildman–Crippen MR) is 65.3 cm³/mol. The third-order valence-electron chi connectivity index (χ3n) is 3.20. The summed E-state index contributed by atoms with van der Waals surface area (Å²) < 4.78 is 0. The minimum atomic E-state index is -0.877. The van der Waals surface area contributed by atoms with Gasteiger partial charge in [-0.1, -0.05) is 0 Å². The maximum absolute atomic E-state index is 11.1. The first-order valence-corrected chi connectivity index (χ1v) is 6.08. The van der Waals surface area contributed by atoms with Gasteiger partial charge in [-0.15, -0.1) is 0 Å². The lowest BCUT2D eigenvalue weighted by Crippen LogP contribution is -2.23. The van der Waals surface area contributed by atoms with Crippen LogP contribution >= 0.6 is 0 Å². The zero-order chi connectivity index (χ0) is 12.3. The molecule has 4 heteroatoms. The van der Waals surface area contributed by atoms with Gasteiger partial charge in [0.15, 0.2) is 0 Å². The van der Waals surface area contributed by atoms with Crippen molar-refractivity contribution >= 4 is 5.97 Å². The second kappa shape index (κ2) is 5.27. The number of nitrogens with zero attached hydrogens (tertiary/aromatic N) is 2. The van der Waals surface area contributed by atoms with Crippen LogP contribution in [0, 0.1) is 6.92 Å². The highest BCUT2D eigenvalue weighted by molar-refractivity contribution is 5.89. The van der Waals surface area contributed by atoms with Crippen molar-refractivity contribution in [3.05, 3.63) is 29.1 Å². The highest BCUT2D eigenvalue weighted by Gasteiger charge is 2.15. The Labute approximate surface area is 101 Å². The highest BCUT2D eigenvalue weighted by Crippen LogP contribution is 2.12. The minimum Gasteiger partial charge on any atom is -0.478 e. The normalized spacial score (nSPS) is 16.3. The molecule has 0 bridgehead atoms. The molecule has 1 aromatic rings. The van der Waals surface area contributed by atoms with Gasteiger partial charge in [-0.25, -0.2) is 4.79 Å². The Bertz CT molecular complexity index is 412. The molecule has 92 valence electrons. The molecule has 1 aliphatic heterocycles. The van der Waals surface area contributed by atoms with Gasteiger partial charge in [0.1, 0.15) is 0 Å². The number of hydrogen-bond acceptors (Lipinski definition) is 3. The van der Waals surface area contributed by atoms with Crippen molar-refractivity contribution in [3.8, 4) is 0 Å². The van der Waals surface area contributed by atoms with Gasteiger partial charge in [-0.3, -0.25) is 4.98 Å². The first-order chi connectivity index (χ1) is 8.16. The van der Waals surface area contributed by atoms with E-state index < -0.39 is 5.97 Å². The average molecular weight is 234 g/mol. The van der Waals surface area contributed by atoms with E-state index in [-0.39, 0.29) is 0 Å². The van der Waals surface area contributed by atoms with Gasteiger partial charge in [0.25, 0.3) is 0 Å². The molecule has 0 aromatic carbocycles. The van der Waals surface area contributed by atoms with Crippen molar-refractivity contribution in [1.82, 2.24) is 9.88 Å². The fourth-order valence-electron chi connectivity index (χ4n) is 2.25. The van der Waals surface area contributed by atoms with Crippen molar-refractivity contribution in [2.24, 2.45) is 0 Å². The molecule has 1 aliphatic rings. The second-order valence-corrected chi connectivity index (χ2v) is 4.61. The minimum absolute atomic E-state index is 0.351. The highest BCUT2D eigenvalue weighted by atomic mass is 16.4. The van der Waals surface area contributed by atoms with Crippen LogP contribution in [0.1, 0.15) is 34.5 Å². The van der Waals surface area contributed by atoms with Gasteiger partial charge in [-0.2, -0.15) is 0 Å². The molecule has 1 fully saturated rings. The number of aromatic carboxylic acids is 1. The van der Waals surface area contributed by atoms with Crippen LogP contribution in [-0.2, 0) is 6.42 Å². The molecule has 0 unspecified atom stereocenters. The molecule has 0 saturated carbocycles. The lowest BCUT2D eigenvalue weighted by Gasteiger charge is -2.14. The summed E-state index contributed by atoms with van der Waals surface area (Å²) in [5, 5.41) is 9.13. The molecule has 0 amide bonds. The molecular formula is C13H18N2O2. The van der Waals surface area contributed by atoms with Crippen LogP contribution in [0.3, 0.4) is 0 Å². The molecule has 2 heterocycles. The smallest absolute Gasteiger partial charge is 0.337 e. The van der Waals surface area contributed by atoms with Crippen LogP contribution in [0.5, 0.6) is 0 Å². The number of carboxylic acids is 1. The molecule has 0 spiro atoms. The zero-order valence-corrected chi connectivity index (χ0v) is 10.1.